The highest BCUT2D eigenvalue weighted by atomic mass is 16.2. The summed E-state index contributed by atoms with van der Waals surface area (Å²) in [5.74, 6) is -1.32. The van der Waals surface area contributed by atoms with Gasteiger partial charge in [-0.2, -0.15) is 0 Å². The quantitative estimate of drug-likeness (QED) is 0.832. The number of carbonyl (C=O) groups excluding carboxylic acids is 2. The summed E-state index contributed by atoms with van der Waals surface area (Å²) in [4.78, 5) is 30.6. The Balaban J connectivity index is 2.27. The van der Waals surface area contributed by atoms with Crippen LogP contribution in [-0.2, 0) is 0 Å². The fourth-order valence-electron chi connectivity index (χ4n) is 1.40. The Labute approximate surface area is 103 Å². The van der Waals surface area contributed by atoms with E-state index in [-0.39, 0.29) is 11.4 Å². The summed E-state index contributed by atoms with van der Waals surface area (Å²) in [5, 5.41) is 2.60. The Kier molecular flexibility index (Phi) is 3.29. The van der Waals surface area contributed by atoms with Gasteiger partial charge in [-0.05, 0) is 12.1 Å². The molecule has 2 aromatic rings. The van der Waals surface area contributed by atoms with Crippen LogP contribution in [0, 0.1) is 0 Å². The molecule has 6 heteroatoms. The molecule has 0 saturated carbocycles. The average molecular weight is 242 g/mol. The van der Waals surface area contributed by atoms with Gasteiger partial charge in [-0.25, -0.2) is 9.97 Å². The lowest BCUT2D eigenvalue weighted by Crippen LogP contribution is -2.23. The molecule has 0 unspecified atom stereocenters. The molecule has 2 rings (SSSR count). The topological polar surface area (TPSA) is 98.0 Å². The number of nitrogens with zero attached hydrogens (tertiary/aromatic N) is 2. The minimum atomic E-state index is -0.790. The maximum atomic E-state index is 11.9. The summed E-state index contributed by atoms with van der Waals surface area (Å²) in [7, 11) is 0. The summed E-state index contributed by atoms with van der Waals surface area (Å²) < 4.78 is 0. The maximum Gasteiger partial charge on any atom is 0.276 e. The molecular formula is C12H10N4O2. The fraction of sp³-hybridized carbons (Fsp3) is 0. The molecule has 0 atom stereocenters. The lowest BCUT2D eigenvalue weighted by atomic mass is 10.2. The van der Waals surface area contributed by atoms with Crippen molar-refractivity contribution in [2.24, 2.45) is 5.73 Å². The summed E-state index contributed by atoms with van der Waals surface area (Å²) in [6.07, 6.45) is 2.63. The number of benzene rings is 1. The lowest BCUT2D eigenvalue weighted by Gasteiger charge is -2.06. The molecule has 1 aromatic heterocycles. The van der Waals surface area contributed by atoms with Crippen molar-refractivity contribution < 1.29 is 9.59 Å². The van der Waals surface area contributed by atoms with Gasteiger partial charge in [-0.1, -0.05) is 18.2 Å². The highest BCUT2D eigenvalue weighted by Gasteiger charge is 2.17. The second-order valence-corrected chi connectivity index (χ2v) is 3.44. The first-order valence-electron chi connectivity index (χ1n) is 5.15. The first-order valence-corrected chi connectivity index (χ1v) is 5.15. The lowest BCUT2D eigenvalue weighted by molar-refractivity contribution is 0.0969. The van der Waals surface area contributed by atoms with Gasteiger partial charge < -0.3 is 11.1 Å². The zero-order valence-electron chi connectivity index (χ0n) is 9.33. The Bertz CT molecular complexity index is 584. The third kappa shape index (κ3) is 2.49. The van der Waals surface area contributed by atoms with E-state index in [9.17, 15) is 9.59 Å². The monoisotopic (exact) mass is 242 g/mol. The van der Waals surface area contributed by atoms with E-state index in [1.165, 1.54) is 12.4 Å². The van der Waals surface area contributed by atoms with Crippen molar-refractivity contribution in [3.05, 3.63) is 54.1 Å². The normalized spacial score (nSPS) is 9.78. The van der Waals surface area contributed by atoms with Crippen LogP contribution in [0.1, 0.15) is 21.0 Å². The van der Waals surface area contributed by atoms with Crippen molar-refractivity contribution in [2.45, 2.75) is 0 Å². The molecule has 2 amide bonds. The largest absolute Gasteiger partial charge is 0.364 e. The number of rotatable bonds is 3. The number of anilines is 1. The third-order valence-electron chi connectivity index (χ3n) is 2.18. The predicted octanol–water partition coefficient (Wildman–Crippen LogP) is 0.828. The maximum absolute atomic E-state index is 11.9. The van der Waals surface area contributed by atoms with Crippen LogP contribution < -0.4 is 11.1 Å². The molecule has 1 heterocycles. The first kappa shape index (κ1) is 11.7. The molecule has 0 aliphatic rings. The second-order valence-electron chi connectivity index (χ2n) is 3.44. The number of para-hydroxylation sites is 1. The van der Waals surface area contributed by atoms with E-state index in [4.69, 9.17) is 5.73 Å². The fourth-order valence-corrected chi connectivity index (χ4v) is 1.40. The van der Waals surface area contributed by atoms with E-state index < -0.39 is 11.8 Å². The molecule has 1 aromatic carbocycles. The molecule has 0 radical (unpaired) electrons. The number of carbonyl (C=O) groups is 2. The van der Waals surface area contributed by atoms with Gasteiger partial charge in [0.25, 0.3) is 11.8 Å². The number of hydrogen-bond acceptors (Lipinski definition) is 4. The predicted molar refractivity (Wildman–Crippen MR) is 64.9 cm³/mol. The average Bonchev–Trinajstić information content (AvgIpc) is 2.40. The molecule has 6 nitrogen and oxygen atoms in total. The minimum Gasteiger partial charge on any atom is -0.364 e. The molecule has 0 saturated heterocycles. The van der Waals surface area contributed by atoms with Crippen LogP contribution in [0.2, 0.25) is 0 Å². The van der Waals surface area contributed by atoms with Crippen molar-refractivity contribution in [1.82, 2.24) is 9.97 Å². The molecule has 0 fully saturated rings. The molecule has 18 heavy (non-hydrogen) atoms. The van der Waals surface area contributed by atoms with Crippen molar-refractivity contribution in [3.8, 4) is 0 Å². The SMILES string of the molecule is NC(=O)c1nccnc1C(=O)Nc1ccccc1. The van der Waals surface area contributed by atoms with Crippen LogP contribution in [0.4, 0.5) is 5.69 Å². The molecule has 0 bridgehead atoms. The number of primary amides is 1. The van der Waals surface area contributed by atoms with E-state index in [2.05, 4.69) is 15.3 Å². The van der Waals surface area contributed by atoms with Gasteiger partial charge in [0.05, 0.1) is 0 Å². The summed E-state index contributed by atoms with van der Waals surface area (Å²) >= 11 is 0. The number of nitrogens with two attached hydrogens (primary N) is 1. The molecule has 0 spiro atoms. The van der Waals surface area contributed by atoms with E-state index in [0.717, 1.165) is 0 Å². The van der Waals surface area contributed by atoms with Crippen LogP contribution in [-0.4, -0.2) is 21.8 Å². The Morgan fingerprint density at radius 1 is 1.00 bits per heavy atom. The smallest absolute Gasteiger partial charge is 0.276 e. The van der Waals surface area contributed by atoms with Gasteiger partial charge in [0.2, 0.25) is 0 Å². The van der Waals surface area contributed by atoms with E-state index in [0.29, 0.717) is 5.69 Å². The Hall–Kier alpha value is -2.76. The van der Waals surface area contributed by atoms with Gasteiger partial charge >= 0.3 is 0 Å². The van der Waals surface area contributed by atoms with Crippen molar-refractivity contribution >= 4 is 17.5 Å². The summed E-state index contributed by atoms with van der Waals surface area (Å²) in [6, 6.07) is 8.83. The van der Waals surface area contributed by atoms with Gasteiger partial charge in [-0.15, -0.1) is 0 Å². The Morgan fingerprint density at radius 3 is 2.22 bits per heavy atom. The summed E-state index contributed by atoms with van der Waals surface area (Å²) in [5.41, 5.74) is 5.49. The third-order valence-corrected chi connectivity index (χ3v) is 2.18. The molecule has 0 aliphatic carbocycles. The summed E-state index contributed by atoms with van der Waals surface area (Å²) in [6.45, 7) is 0. The van der Waals surface area contributed by atoms with Gasteiger partial charge in [0, 0.05) is 18.1 Å². The number of amides is 2. The van der Waals surface area contributed by atoms with E-state index >= 15 is 0 Å². The van der Waals surface area contributed by atoms with E-state index in [1.54, 1.807) is 24.3 Å². The zero-order valence-corrected chi connectivity index (χ0v) is 9.33. The van der Waals surface area contributed by atoms with Gasteiger partial charge in [0.1, 0.15) is 0 Å². The van der Waals surface area contributed by atoms with Gasteiger partial charge in [0.15, 0.2) is 11.4 Å². The molecular weight excluding hydrogens is 232 g/mol. The Morgan fingerprint density at radius 2 is 1.61 bits per heavy atom. The van der Waals surface area contributed by atoms with Crippen LogP contribution >= 0.6 is 0 Å². The highest BCUT2D eigenvalue weighted by Crippen LogP contribution is 2.08. The second kappa shape index (κ2) is 5.05. The van der Waals surface area contributed by atoms with Crippen LogP contribution in [0.15, 0.2) is 42.7 Å². The standard InChI is InChI=1S/C12H10N4O2/c13-11(17)9-10(15-7-6-14-9)12(18)16-8-4-2-1-3-5-8/h1-7H,(H2,13,17)(H,16,18). The van der Waals surface area contributed by atoms with E-state index in [1.807, 2.05) is 6.07 Å². The first-order chi connectivity index (χ1) is 8.68. The molecule has 90 valence electrons. The van der Waals surface area contributed by atoms with Crippen LogP contribution in [0.25, 0.3) is 0 Å². The van der Waals surface area contributed by atoms with Gasteiger partial charge in [-0.3, -0.25) is 9.59 Å². The molecule has 3 N–H and O–H groups in total. The van der Waals surface area contributed by atoms with Crippen molar-refractivity contribution in [1.29, 1.82) is 0 Å². The zero-order chi connectivity index (χ0) is 13.0. The van der Waals surface area contributed by atoms with Crippen molar-refractivity contribution in [3.63, 3.8) is 0 Å². The minimum absolute atomic E-state index is 0.0890. The van der Waals surface area contributed by atoms with Crippen molar-refractivity contribution in [2.75, 3.05) is 5.32 Å². The number of aromatic nitrogens is 2. The number of hydrogen-bond donors (Lipinski definition) is 2. The highest BCUT2D eigenvalue weighted by molar-refractivity contribution is 6.09. The van der Waals surface area contributed by atoms with Crippen LogP contribution in [0.3, 0.4) is 0 Å². The molecule has 0 aliphatic heterocycles. The number of nitrogens with one attached hydrogen (secondary N) is 1. The van der Waals surface area contributed by atoms with Crippen LogP contribution in [0.5, 0.6) is 0 Å².